The predicted molar refractivity (Wildman–Crippen MR) is 92.2 cm³/mol. The van der Waals surface area contributed by atoms with E-state index in [4.69, 9.17) is 11.6 Å². The van der Waals surface area contributed by atoms with Crippen LogP contribution in [0.4, 0.5) is 0 Å². The Morgan fingerprint density at radius 1 is 1.38 bits per heavy atom. The maximum atomic E-state index is 12.3. The first-order valence-corrected chi connectivity index (χ1v) is 8.47. The van der Waals surface area contributed by atoms with E-state index in [1.54, 1.807) is 23.5 Å². The third-order valence-electron chi connectivity index (χ3n) is 3.15. The Morgan fingerprint density at radius 2 is 2.14 bits per heavy atom. The summed E-state index contributed by atoms with van der Waals surface area (Å²) >= 11 is 11.2. The number of thiophene rings is 1. The van der Waals surface area contributed by atoms with Gasteiger partial charge in [0, 0.05) is 15.9 Å². The molecule has 0 radical (unpaired) electrons. The number of carbonyl (C=O) groups is 1. The van der Waals surface area contributed by atoms with Crippen LogP contribution in [0, 0.1) is 0 Å². The summed E-state index contributed by atoms with van der Waals surface area (Å²) in [5.74, 6) is -0.162. The fourth-order valence-electron chi connectivity index (χ4n) is 1.98. The van der Waals surface area contributed by atoms with E-state index in [9.17, 15) is 4.79 Å². The van der Waals surface area contributed by atoms with E-state index in [2.05, 4.69) is 32.2 Å². The van der Waals surface area contributed by atoms with Gasteiger partial charge in [-0.1, -0.05) is 23.7 Å². The SMILES string of the molecule is CN(C)C(CNC(=O)c1cccc(Br)c1Cl)c1cccs1. The van der Waals surface area contributed by atoms with Crippen molar-refractivity contribution in [2.45, 2.75) is 6.04 Å². The summed E-state index contributed by atoms with van der Waals surface area (Å²) < 4.78 is 0.722. The van der Waals surface area contributed by atoms with E-state index >= 15 is 0 Å². The molecule has 0 aliphatic rings. The molecule has 1 atom stereocenters. The molecular formula is C15H16BrClN2OS. The van der Waals surface area contributed by atoms with E-state index in [0.29, 0.717) is 17.1 Å². The van der Waals surface area contributed by atoms with Crippen LogP contribution < -0.4 is 5.32 Å². The molecule has 0 bridgehead atoms. The summed E-state index contributed by atoms with van der Waals surface area (Å²) in [6.07, 6.45) is 0. The van der Waals surface area contributed by atoms with Gasteiger partial charge in [-0.3, -0.25) is 4.79 Å². The van der Waals surface area contributed by atoms with Crippen LogP contribution in [0.3, 0.4) is 0 Å². The van der Waals surface area contributed by atoms with Crippen molar-refractivity contribution in [3.63, 3.8) is 0 Å². The first-order chi connectivity index (χ1) is 10.0. The van der Waals surface area contributed by atoms with E-state index < -0.39 is 0 Å². The monoisotopic (exact) mass is 386 g/mol. The fourth-order valence-corrected chi connectivity index (χ4v) is 3.48. The molecule has 2 rings (SSSR count). The van der Waals surface area contributed by atoms with Gasteiger partial charge in [0.05, 0.1) is 16.6 Å². The number of benzene rings is 1. The van der Waals surface area contributed by atoms with Gasteiger partial charge in [0.25, 0.3) is 5.91 Å². The predicted octanol–water partition coefficient (Wildman–Crippen LogP) is 4.20. The largest absolute Gasteiger partial charge is 0.350 e. The average molecular weight is 388 g/mol. The van der Waals surface area contributed by atoms with E-state index in [0.717, 1.165) is 4.47 Å². The molecule has 21 heavy (non-hydrogen) atoms. The molecule has 0 spiro atoms. The molecule has 6 heteroatoms. The third-order valence-corrected chi connectivity index (χ3v) is 5.42. The molecular weight excluding hydrogens is 372 g/mol. The molecule has 1 amide bonds. The molecule has 1 heterocycles. The second-order valence-electron chi connectivity index (χ2n) is 4.81. The Balaban J connectivity index is 2.07. The number of carbonyl (C=O) groups excluding carboxylic acids is 1. The van der Waals surface area contributed by atoms with Crippen molar-refractivity contribution in [2.24, 2.45) is 0 Å². The van der Waals surface area contributed by atoms with Gasteiger partial charge in [-0.25, -0.2) is 0 Å². The number of rotatable bonds is 5. The van der Waals surface area contributed by atoms with Gasteiger partial charge in [-0.15, -0.1) is 11.3 Å². The number of halogens is 2. The lowest BCUT2D eigenvalue weighted by atomic mass is 10.2. The lowest BCUT2D eigenvalue weighted by Crippen LogP contribution is -2.34. The highest BCUT2D eigenvalue weighted by Gasteiger charge is 2.18. The highest BCUT2D eigenvalue weighted by molar-refractivity contribution is 9.10. The number of amides is 1. The molecule has 0 saturated heterocycles. The Morgan fingerprint density at radius 3 is 2.76 bits per heavy atom. The lowest BCUT2D eigenvalue weighted by Gasteiger charge is -2.23. The molecule has 1 unspecified atom stereocenters. The summed E-state index contributed by atoms with van der Waals surface area (Å²) in [4.78, 5) is 15.6. The maximum Gasteiger partial charge on any atom is 0.252 e. The van der Waals surface area contributed by atoms with Crippen molar-refractivity contribution in [3.05, 3.63) is 55.6 Å². The first kappa shape index (κ1) is 16.5. The van der Waals surface area contributed by atoms with Gasteiger partial charge < -0.3 is 10.2 Å². The van der Waals surface area contributed by atoms with E-state index in [-0.39, 0.29) is 11.9 Å². The van der Waals surface area contributed by atoms with Gasteiger partial charge in [-0.05, 0) is 53.6 Å². The number of hydrogen-bond acceptors (Lipinski definition) is 3. The Hall–Kier alpha value is -0.880. The highest BCUT2D eigenvalue weighted by atomic mass is 79.9. The summed E-state index contributed by atoms with van der Waals surface area (Å²) in [5.41, 5.74) is 0.481. The number of nitrogens with one attached hydrogen (secondary N) is 1. The van der Waals surface area contributed by atoms with E-state index in [1.807, 2.05) is 31.6 Å². The zero-order valence-corrected chi connectivity index (χ0v) is 14.9. The van der Waals surface area contributed by atoms with Crippen LogP contribution in [0.2, 0.25) is 5.02 Å². The molecule has 0 aliphatic carbocycles. The number of nitrogens with zero attached hydrogens (tertiary/aromatic N) is 1. The average Bonchev–Trinajstić information content (AvgIpc) is 2.95. The van der Waals surface area contributed by atoms with Gasteiger partial charge in [0.2, 0.25) is 0 Å². The fraction of sp³-hybridized carbons (Fsp3) is 0.267. The summed E-state index contributed by atoms with van der Waals surface area (Å²) in [5, 5.41) is 5.44. The van der Waals surface area contributed by atoms with Crippen molar-refractivity contribution in [1.29, 1.82) is 0 Å². The van der Waals surface area contributed by atoms with Gasteiger partial charge >= 0.3 is 0 Å². The molecule has 0 aliphatic heterocycles. The molecule has 1 aromatic heterocycles. The first-order valence-electron chi connectivity index (χ1n) is 6.42. The zero-order valence-electron chi connectivity index (χ0n) is 11.8. The smallest absolute Gasteiger partial charge is 0.252 e. The minimum Gasteiger partial charge on any atom is -0.350 e. The standard InChI is InChI=1S/C15H16BrClN2OS/c1-19(2)12(13-7-4-8-21-13)9-18-15(20)10-5-3-6-11(16)14(10)17/h3-8,12H,9H2,1-2H3,(H,18,20). The number of likely N-dealkylation sites (N-methyl/N-ethyl adjacent to an activating group) is 1. The molecule has 1 N–H and O–H groups in total. The minimum atomic E-state index is -0.162. The van der Waals surface area contributed by atoms with E-state index in [1.165, 1.54) is 4.88 Å². The molecule has 112 valence electrons. The van der Waals surface area contributed by atoms with Crippen LogP contribution in [-0.2, 0) is 0 Å². The number of hydrogen-bond donors (Lipinski definition) is 1. The summed E-state index contributed by atoms with van der Waals surface area (Å²) in [6.45, 7) is 0.537. The van der Waals surface area contributed by atoms with Crippen LogP contribution in [-0.4, -0.2) is 31.4 Å². The second kappa shape index (κ2) is 7.40. The van der Waals surface area contributed by atoms with Crippen LogP contribution in [0.1, 0.15) is 21.3 Å². The highest BCUT2D eigenvalue weighted by Crippen LogP contribution is 2.26. The van der Waals surface area contributed by atoms with Gasteiger partial charge in [0.1, 0.15) is 0 Å². The van der Waals surface area contributed by atoms with Gasteiger partial charge in [-0.2, -0.15) is 0 Å². The summed E-state index contributed by atoms with van der Waals surface area (Å²) in [7, 11) is 4.01. The Labute approximate surface area is 142 Å². The van der Waals surface area contributed by atoms with Crippen molar-refractivity contribution < 1.29 is 4.79 Å². The molecule has 3 nitrogen and oxygen atoms in total. The molecule has 0 saturated carbocycles. The minimum absolute atomic E-state index is 0.153. The lowest BCUT2D eigenvalue weighted by molar-refractivity contribution is 0.0942. The maximum absolute atomic E-state index is 12.3. The van der Waals surface area contributed by atoms with Crippen LogP contribution in [0.25, 0.3) is 0 Å². The van der Waals surface area contributed by atoms with Crippen LogP contribution in [0.5, 0.6) is 0 Å². The Kier molecular flexibility index (Phi) is 5.81. The van der Waals surface area contributed by atoms with Crippen molar-refractivity contribution >= 4 is 44.8 Å². The third kappa shape index (κ3) is 4.07. The van der Waals surface area contributed by atoms with Gasteiger partial charge in [0.15, 0.2) is 0 Å². The summed E-state index contributed by atoms with van der Waals surface area (Å²) in [6, 6.07) is 9.58. The zero-order chi connectivity index (χ0) is 15.4. The van der Waals surface area contributed by atoms with Crippen LogP contribution >= 0.6 is 38.9 Å². The normalized spacial score (nSPS) is 12.4. The van der Waals surface area contributed by atoms with Crippen molar-refractivity contribution in [1.82, 2.24) is 10.2 Å². The Bertz CT molecular complexity index is 616. The van der Waals surface area contributed by atoms with Crippen molar-refractivity contribution in [3.8, 4) is 0 Å². The molecule has 2 aromatic rings. The van der Waals surface area contributed by atoms with Crippen molar-refractivity contribution in [2.75, 3.05) is 20.6 Å². The quantitative estimate of drug-likeness (QED) is 0.834. The topological polar surface area (TPSA) is 32.3 Å². The molecule has 1 aromatic carbocycles. The molecule has 0 fully saturated rings. The second-order valence-corrected chi connectivity index (χ2v) is 7.02. The van der Waals surface area contributed by atoms with Crippen LogP contribution in [0.15, 0.2) is 40.2 Å².